The van der Waals surface area contributed by atoms with E-state index in [4.69, 9.17) is 17.3 Å². The van der Waals surface area contributed by atoms with Crippen LogP contribution in [0.25, 0.3) is 5.65 Å². The number of nitrogens with two attached hydrogens (primary N) is 1. The third-order valence-electron chi connectivity index (χ3n) is 4.52. The molecular weight excluding hydrogens is 324 g/mol. The number of pyridine rings is 1. The molecule has 124 valence electrons. The Morgan fingerprint density at radius 1 is 1.04 bits per heavy atom. The van der Waals surface area contributed by atoms with Crippen molar-refractivity contribution in [1.82, 2.24) is 14.6 Å². The molecule has 2 N–H and O–H groups in total. The van der Waals surface area contributed by atoms with Crippen molar-refractivity contribution in [2.75, 3.05) is 41.7 Å². The fourth-order valence-electron chi connectivity index (χ4n) is 3.29. The van der Waals surface area contributed by atoms with Crippen LogP contribution in [-0.4, -0.2) is 40.8 Å². The summed E-state index contributed by atoms with van der Waals surface area (Å²) in [5.74, 6) is 0.307. The number of halogens is 1. The molecule has 4 rings (SSSR count). The summed E-state index contributed by atoms with van der Waals surface area (Å²) in [4.78, 5) is 8.96. The first kappa shape index (κ1) is 15.1. The second-order valence-electron chi connectivity index (χ2n) is 6.00. The molecule has 1 aliphatic rings. The Labute approximate surface area is 145 Å². The SMILES string of the molecule is Cc1c(N2CCN(c3cccc(Cl)c3)CC2)ccc2nc(N)nn12. The van der Waals surface area contributed by atoms with Gasteiger partial charge < -0.3 is 15.5 Å². The van der Waals surface area contributed by atoms with Gasteiger partial charge in [-0.2, -0.15) is 4.98 Å². The Hall–Kier alpha value is -2.47. The van der Waals surface area contributed by atoms with Crippen LogP contribution in [0.4, 0.5) is 17.3 Å². The van der Waals surface area contributed by atoms with Crippen LogP contribution in [0.15, 0.2) is 36.4 Å². The number of piperazine rings is 1. The van der Waals surface area contributed by atoms with Gasteiger partial charge in [-0.25, -0.2) is 4.52 Å². The minimum absolute atomic E-state index is 0.307. The number of hydrogen-bond acceptors (Lipinski definition) is 5. The molecule has 0 bridgehead atoms. The van der Waals surface area contributed by atoms with Gasteiger partial charge in [0.1, 0.15) is 0 Å². The first-order chi connectivity index (χ1) is 11.6. The summed E-state index contributed by atoms with van der Waals surface area (Å²) in [6.07, 6.45) is 0. The highest BCUT2D eigenvalue weighted by molar-refractivity contribution is 6.30. The highest BCUT2D eigenvalue weighted by atomic mass is 35.5. The lowest BCUT2D eigenvalue weighted by Crippen LogP contribution is -2.46. The van der Waals surface area contributed by atoms with Crippen LogP contribution in [0.5, 0.6) is 0 Å². The standard InChI is InChI=1S/C17H19ClN6/c1-12-15(5-6-16-20-17(19)21-24(12)16)23-9-7-22(8-10-23)14-4-2-3-13(18)11-14/h2-6,11H,7-10H2,1H3,(H2,19,21). The number of benzene rings is 1. The zero-order chi connectivity index (χ0) is 16.7. The maximum atomic E-state index is 6.10. The third-order valence-corrected chi connectivity index (χ3v) is 4.76. The maximum Gasteiger partial charge on any atom is 0.240 e. The van der Waals surface area contributed by atoms with E-state index in [9.17, 15) is 0 Å². The molecule has 3 heterocycles. The first-order valence-electron chi connectivity index (χ1n) is 7.99. The molecule has 1 fully saturated rings. The average molecular weight is 343 g/mol. The predicted molar refractivity (Wildman–Crippen MR) is 98.0 cm³/mol. The number of anilines is 3. The predicted octanol–water partition coefficient (Wildman–Crippen LogP) is 2.60. The summed E-state index contributed by atoms with van der Waals surface area (Å²) in [6.45, 7) is 5.86. The van der Waals surface area contributed by atoms with Crippen molar-refractivity contribution in [2.45, 2.75) is 6.92 Å². The van der Waals surface area contributed by atoms with Gasteiger partial charge in [0.15, 0.2) is 5.65 Å². The monoisotopic (exact) mass is 342 g/mol. The second-order valence-corrected chi connectivity index (χ2v) is 6.43. The molecule has 2 aromatic heterocycles. The van der Waals surface area contributed by atoms with E-state index < -0.39 is 0 Å². The number of rotatable bonds is 2. The third kappa shape index (κ3) is 2.63. The number of aromatic nitrogens is 3. The molecule has 0 saturated carbocycles. The van der Waals surface area contributed by atoms with Crippen LogP contribution in [0.3, 0.4) is 0 Å². The molecule has 1 aromatic carbocycles. The summed E-state index contributed by atoms with van der Waals surface area (Å²) in [7, 11) is 0. The average Bonchev–Trinajstić information content (AvgIpc) is 2.97. The highest BCUT2D eigenvalue weighted by Crippen LogP contribution is 2.25. The topological polar surface area (TPSA) is 62.7 Å². The molecule has 0 aliphatic carbocycles. The van der Waals surface area contributed by atoms with Gasteiger partial charge in [-0.1, -0.05) is 17.7 Å². The van der Waals surface area contributed by atoms with Gasteiger partial charge in [0, 0.05) is 36.9 Å². The van der Waals surface area contributed by atoms with E-state index in [0.717, 1.165) is 42.5 Å². The Bertz CT molecular complexity index is 882. The van der Waals surface area contributed by atoms with E-state index in [1.807, 2.05) is 28.8 Å². The molecular formula is C17H19ClN6. The van der Waals surface area contributed by atoms with E-state index >= 15 is 0 Å². The van der Waals surface area contributed by atoms with Crippen molar-refractivity contribution < 1.29 is 0 Å². The molecule has 0 radical (unpaired) electrons. The van der Waals surface area contributed by atoms with Gasteiger partial charge in [-0.3, -0.25) is 0 Å². The van der Waals surface area contributed by atoms with Crippen LogP contribution in [0, 0.1) is 6.92 Å². The lowest BCUT2D eigenvalue weighted by atomic mass is 10.2. The van der Waals surface area contributed by atoms with Crippen LogP contribution in [-0.2, 0) is 0 Å². The smallest absolute Gasteiger partial charge is 0.240 e. The van der Waals surface area contributed by atoms with Crippen molar-refractivity contribution in [3.05, 3.63) is 47.1 Å². The Morgan fingerprint density at radius 2 is 1.79 bits per heavy atom. The Kier molecular flexibility index (Phi) is 3.69. The van der Waals surface area contributed by atoms with Gasteiger partial charge >= 0.3 is 0 Å². The summed E-state index contributed by atoms with van der Waals surface area (Å²) >= 11 is 6.10. The van der Waals surface area contributed by atoms with Crippen molar-refractivity contribution in [3.8, 4) is 0 Å². The second kappa shape index (κ2) is 5.87. The Balaban J connectivity index is 1.54. The van der Waals surface area contributed by atoms with Crippen LogP contribution < -0.4 is 15.5 Å². The van der Waals surface area contributed by atoms with Crippen molar-refractivity contribution in [1.29, 1.82) is 0 Å². The zero-order valence-electron chi connectivity index (χ0n) is 13.5. The molecule has 0 spiro atoms. The lowest BCUT2D eigenvalue weighted by molar-refractivity contribution is 0.649. The summed E-state index contributed by atoms with van der Waals surface area (Å²) < 4.78 is 1.81. The van der Waals surface area contributed by atoms with E-state index in [-0.39, 0.29) is 0 Å². The van der Waals surface area contributed by atoms with E-state index in [1.54, 1.807) is 0 Å². The number of nitrogens with zero attached hydrogens (tertiary/aromatic N) is 5. The molecule has 6 nitrogen and oxygen atoms in total. The van der Waals surface area contributed by atoms with Crippen LogP contribution in [0.1, 0.15) is 5.69 Å². The van der Waals surface area contributed by atoms with E-state index in [0.29, 0.717) is 5.95 Å². The lowest BCUT2D eigenvalue weighted by Gasteiger charge is -2.38. The molecule has 1 saturated heterocycles. The van der Waals surface area contributed by atoms with Gasteiger partial charge in [-0.15, -0.1) is 5.10 Å². The van der Waals surface area contributed by atoms with E-state index in [2.05, 4.69) is 38.9 Å². The molecule has 0 amide bonds. The number of fused-ring (bicyclic) bond motifs is 1. The minimum atomic E-state index is 0.307. The van der Waals surface area contributed by atoms with E-state index in [1.165, 1.54) is 11.4 Å². The minimum Gasteiger partial charge on any atom is -0.368 e. The highest BCUT2D eigenvalue weighted by Gasteiger charge is 2.20. The summed E-state index contributed by atoms with van der Waals surface area (Å²) in [5, 5.41) is 5.05. The fourth-order valence-corrected chi connectivity index (χ4v) is 3.48. The summed E-state index contributed by atoms with van der Waals surface area (Å²) in [5.41, 5.74) is 9.91. The number of aryl methyl sites for hydroxylation is 1. The van der Waals surface area contributed by atoms with Gasteiger partial charge in [0.25, 0.3) is 0 Å². The van der Waals surface area contributed by atoms with Crippen molar-refractivity contribution in [3.63, 3.8) is 0 Å². The van der Waals surface area contributed by atoms with Gasteiger partial charge in [-0.05, 0) is 37.3 Å². The van der Waals surface area contributed by atoms with Gasteiger partial charge in [0.2, 0.25) is 5.95 Å². The molecule has 1 aliphatic heterocycles. The van der Waals surface area contributed by atoms with Crippen molar-refractivity contribution >= 4 is 34.6 Å². The quantitative estimate of drug-likeness (QED) is 0.775. The number of nitrogen functional groups attached to an aromatic ring is 1. The fraction of sp³-hybridized carbons (Fsp3) is 0.294. The van der Waals surface area contributed by atoms with Crippen molar-refractivity contribution in [2.24, 2.45) is 0 Å². The van der Waals surface area contributed by atoms with Gasteiger partial charge in [0.05, 0.1) is 11.4 Å². The zero-order valence-corrected chi connectivity index (χ0v) is 14.2. The Morgan fingerprint density at radius 3 is 2.54 bits per heavy atom. The number of hydrogen-bond donors (Lipinski definition) is 1. The largest absolute Gasteiger partial charge is 0.368 e. The molecule has 0 unspecified atom stereocenters. The normalized spacial score (nSPS) is 15.2. The van der Waals surface area contributed by atoms with Crippen LogP contribution >= 0.6 is 11.6 Å². The first-order valence-corrected chi connectivity index (χ1v) is 8.37. The molecule has 0 atom stereocenters. The molecule has 7 heteroatoms. The summed E-state index contributed by atoms with van der Waals surface area (Å²) in [6, 6.07) is 12.1. The molecule has 24 heavy (non-hydrogen) atoms. The van der Waals surface area contributed by atoms with Crippen LogP contribution in [0.2, 0.25) is 5.02 Å². The molecule has 3 aromatic rings. The maximum absolute atomic E-state index is 6.10.